The maximum absolute atomic E-state index is 11.6. The maximum Gasteiger partial charge on any atom is 0.297 e. The van der Waals surface area contributed by atoms with Crippen LogP contribution in [0.4, 0.5) is 0 Å². The summed E-state index contributed by atoms with van der Waals surface area (Å²) in [6, 6.07) is 0. The van der Waals surface area contributed by atoms with Crippen molar-refractivity contribution in [3.8, 4) is 136 Å². The highest BCUT2D eigenvalue weighted by Gasteiger charge is 2.27. The van der Waals surface area contributed by atoms with Gasteiger partial charge in [0.25, 0.3) is 56.6 Å². The highest BCUT2D eigenvalue weighted by Crippen LogP contribution is 2.41. The smallest absolute Gasteiger partial charge is 0.297 e. The minimum atomic E-state index is -0.532. The number of ether oxygens (including phenoxy) is 7. The first-order chi connectivity index (χ1) is 54.4. The van der Waals surface area contributed by atoms with Gasteiger partial charge in [-0.2, -0.15) is 39.4 Å². The Morgan fingerprint density at radius 3 is 1.18 bits per heavy atom. The summed E-state index contributed by atoms with van der Waals surface area (Å²) < 4.78 is 36.5. The molecule has 15 rings (SSSR count). The number of tetrazole rings is 1. The zero-order valence-electron chi connectivity index (χ0n) is 63.0. The summed E-state index contributed by atoms with van der Waals surface area (Å²) >= 11 is 7.66. The molecule has 1 fully saturated rings. The number of thiazole rings is 4. The number of halogens is 1. The number of aromatic nitrogens is 28. The molecular formula is C64H70IN28O17S4+. The minimum absolute atomic E-state index is 0.183. The fourth-order valence-corrected chi connectivity index (χ4v) is 13.2. The van der Waals surface area contributed by atoms with E-state index in [1.165, 1.54) is 124 Å². The number of aromatic hydroxyl groups is 3. The summed E-state index contributed by atoms with van der Waals surface area (Å²) in [7, 11) is 14.7. The van der Waals surface area contributed by atoms with E-state index in [-0.39, 0.29) is 91.6 Å². The molecule has 0 bridgehead atoms. The van der Waals surface area contributed by atoms with Crippen molar-refractivity contribution < 1.29 is 53.2 Å². The molecule has 1 aliphatic carbocycles. The molecule has 598 valence electrons. The zero-order valence-corrected chi connectivity index (χ0v) is 68.4. The van der Waals surface area contributed by atoms with Gasteiger partial charge in [0.1, 0.15) is 12.7 Å². The van der Waals surface area contributed by atoms with Crippen LogP contribution in [0.2, 0.25) is 0 Å². The monoisotopic (exact) mass is 1760 g/mol. The van der Waals surface area contributed by atoms with Gasteiger partial charge in [0.05, 0.1) is 101 Å². The van der Waals surface area contributed by atoms with E-state index in [1.54, 1.807) is 65.9 Å². The SMILES string of the molecule is COc1c(C)nc(-c2cn[nH][n+]2C)[nH]c1=O.COc1c(C)nc(-c2cnn(C)n2)[nH]c1=O.COc1c(C)nc(-c2nc(C)cs2)[nH]c1=O.COc1c(C)nc(-c2nnn(C)n2)[nH]c1=O.COc1c(O)nc(-c2nc(C)cs2)[nH]c1=O.COc1c(O)nc(-c2nc(C3CC3)cs2)[nH]c1=O.COc1c(O)nc(-c2ncc(I)s2)[nH]c1=O. The summed E-state index contributed by atoms with van der Waals surface area (Å²) in [5.74, 6) is 2.18. The molecule has 14 aromatic heterocycles. The normalized spacial score (nSPS) is 11.1. The summed E-state index contributed by atoms with van der Waals surface area (Å²) in [6.45, 7) is 10.6. The standard InChI is InChI=1S/C11H11N3O3S.C10H11N3O2S.2C9H11N5O2.C9H9N3O3S.C8H6IN3O3S.C8H10N6O2/c1-17-7-9(15)13-8(14-10(7)16)11-12-6(4-18-11)5-2-3-5;1-5-4-16-10(11-5)8-12-6(2)7(15-3)9(14)13-8;1-5-7(16-3)9(15)12-8(11-5)6-4-10-13-14(6)2;1-5-7(16-3)9(15)12-8(11-5)6-4-10-14(2)13-6;1-4-3-16-9(10-4)6-11-7(13)5(15-2)8(14)12-6;1-15-4-6(13)11-5(12-7(4)14)8-10-2-3(9)16-8;1-4-5(16-3)8(15)10-6(9-4)7-11-13-14(2)12-7/h4-5H,2-3H2,1H3,(H2,13,14,15,16);4H,1-3H3,(H,12,13,14);2*4H,1-3H3,(H,11,12,15);3H,1-2H3,(H2,11,12,13,14);2H,1H3,(H2,11,12,13,14);1-3H3,(H,9,10,15)/p+1. The van der Waals surface area contributed by atoms with Crippen molar-refractivity contribution in [1.29, 1.82) is 0 Å². The van der Waals surface area contributed by atoms with Gasteiger partial charge in [-0.05, 0) is 82.2 Å². The van der Waals surface area contributed by atoms with Crippen molar-refractivity contribution in [3.63, 3.8) is 0 Å². The zero-order chi connectivity index (χ0) is 82.9. The third kappa shape index (κ3) is 21.0. The molecule has 14 aromatic rings. The molecule has 0 saturated heterocycles. The van der Waals surface area contributed by atoms with Crippen LogP contribution in [0.3, 0.4) is 0 Å². The van der Waals surface area contributed by atoms with Crippen LogP contribution >= 0.6 is 67.9 Å². The van der Waals surface area contributed by atoms with Crippen molar-refractivity contribution in [3.05, 3.63) is 150 Å². The number of rotatable bonds is 15. The van der Waals surface area contributed by atoms with Gasteiger partial charge in [-0.1, -0.05) is 5.21 Å². The fourth-order valence-electron chi connectivity index (χ4n) is 9.54. The second kappa shape index (κ2) is 38.1. The van der Waals surface area contributed by atoms with Crippen molar-refractivity contribution in [2.75, 3.05) is 49.8 Å². The quantitative estimate of drug-likeness (QED) is 0.0516. The summed E-state index contributed by atoms with van der Waals surface area (Å²) in [5.41, 5.74) is 3.26. The van der Waals surface area contributed by atoms with Crippen LogP contribution in [-0.2, 0) is 21.1 Å². The third-order valence-electron chi connectivity index (χ3n) is 14.8. The van der Waals surface area contributed by atoms with Crippen molar-refractivity contribution in [2.24, 2.45) is 21.1 Å². The number of aryl methyl sites for hydroxylation is 9. The Labute approximate surface area is 669 Å². The number of nitrogens with zero attached hydrogens (tertiary/aromatic N) is 20. The molecule has 0 unspecified atom stereocenters. The van der Waals surface area contributed by atoms with Gasteiger partial charge < -0.3 is 83.4 Å². The first-order valence-electron chi connectivity index (χ1n) is 32.5. The topological polar surface area (TPSA) is 604 Å². The number of methoxy groups -OCH3 is 7. The van der Waals surface area contributed by atoms with Crippen LogP contribution in [-0.4, -0.2) is 200 Å². The average molecular weight is 1760 g/mol. The molecule has 0 aromatic carbocycles. The maximum atomic E-state index is 11.6. The molecular weight excluding hydrogens is 1690 g/mol. The van der Waals surface area contributed by atoms with Crippen molar-refractivity contribution in [1.82, 2.24) is 135 Å². The molecule has 50 heteroatoms. The highest BCUT2D eigenvalue weighted by molar-refractivity contribution is 14.1. The summed E-state index contributed by atoms with van der Waals surface area (Å²) in [5, 5.41) is 62.5. The van der Waals surface area contributed by atoms with Crippen LogP contribution in [0, 0.1) is 44.4 Å². The Morgan fingerprint density at radius 2 is 0.825 bits per heavy atom. The third-order valence-corrected chi connectivity index (χ3v) is 19.3. The van der Waals surface area contributed by atoms with Crippen molar-refractivity contribution >= 4 is 67.9 Å². The van der Waals surface area contributed by atoms with E-state index in [4.69, 9.17) is 33.2 Å². The van der Waals surface area contributed by atoms with Crippen LogP contribution in [0.1, 0.15) is 58.6 Å². The highest BCUT2D eigenvalue weighted by atomic mass is 127. The molecule has 0 atom stereocenters. The summed E-state index contributed by atoms with van der Waals surface area (Å²) in [6.07, 6.45) is 7.11. The van der Waals surface area contributed by atoms with Crippen LogP contribution in [0.5, 0.6) is 57.9 Å². The lowest BCUT2D eigenvalue weighted by atomic mass is 10.3. The first kappa shape index (κ1) is 84.8. The van der Waals surface area contributed by atoms with Crippen LogP contribution < -0.4 is 76.8 Å². The number of H-pyrrole nitrogens is 8. The van der Waals surface area contributed by atoms with E-state index in [2.05, 4.69) is 148 Å². The summed E-state index contributed by atoms with van der Waals surface area (Å²) in [4.78, 5) is 147. The molecule has 0 spiro atoms. The molecule has 11 N–H and O–H groups in total. The molecule has 1 saturated carbocycles. The Bertz CT molecular complexity index is 5560. The predicted molar refractivity (Wildman–Crippen MR) is 419 cm³/mol. The largest absolute Gasteiger partial charge is 0.490 e. The van der Waals surface area contributed by atoms with Gasteiger partial charge in [-0.3, -0.25) is 33.6 Å². The van der Waals surface area contributed by atoms with Crippen molar-refractivity contribution in [2.45, 2.75) is 60.3 Å². The van der Waals surface area contributed by atoms with Gasteiger partial charge in [-0.15, -0.1) is 55.5 Å². The van der Waals surface area contributed by atoms with Gasteiger partial charge in [0, 0.05) is 45.6 Å². The van der Waals surface area contributed by atoms with Crippen LogP contribution in [0.25, 0.3) is 78.0 Å². The van der Waals surface area contributed by atoms with E-state index in [9.17, 15) is 48.9 Å². The number of hydrogen-bond acceptors (Lipinski definition) is 38. The first-order valence-corrected chi connectivity index (χ1v) is 37.1. The van der Waals surface area contributed by atoms with Gasteiger partial charge in [-0.25, -0.2) is 39.9 Å². The molecule has 0 radical (unpaired) electrons. The lowest BCUT2D eigenvalue weighted by Gasteiger charge is -2.03. The molecule has 45 nitrogen and oxygen atoms in total. The van der Waals surface area contributed by atoms with E-state index in [0.717, 1.165) is 20.0 Å². The number of nitrogens with one attached hydrogen (secondary N) is 8. The number of hydrogen-bond donors (Lipinski definition) is 11. The Balaban J connectivity index is 0.000000152. The van der Waals surface area contributed by atoms with Gasteiger partial charge in [0.15, 0.2) is 60.8 Å². The lowest BCUT2D eigenvalue weighted by molar-refractivity contribution is -0.720. The molecule has 0 amide bonds. The number of aromatic amines is 8. The Kier molecular flexibility index (Phi) is 28.3. The lowest BCUT2D eigenvalue weighted by Crippen LogP contribution is -2.33. The molecule has 14 heterocycles. The molecule has 0 aliphatic heterocycles. The van der Waals surface area contributed by atoms with E-state index in [1.807, 2.05) is 30.0 Å². The van der Waals surface area contributed by atoms with E-state index in [0.29, 0.717) is 77.6 Å². The predicted octanol–water partition coefficient (Wildman–Crippen LogP) is 3.59. The minimum Gasteiger partial charge on any atom is -0.490 e. The van der Waals surface area contributed by atoms with E-state index >= 15 is 0 Å². The molecule has 114 heavy (non-hydrogen) atoms. The van der Waals surface area contributed by atoms with Crippen LogP contribution in [0.15, 0.2) is 68.3 Å². The second-order valence-corrected chi connectivity index (χ2v) is 28.5. The van der Waals surface area contributed by atoms with E-state index < -0.39 is 34.3 Å². The van der Waals surface area contributed by atoms with Gasteiger partial charge in [0.2, 0.25) is 58.0 Å². The molecule has 1 aliphatic rings. The Hall–Kier alpha value is -13.2. The Morgan fingerprint density at radius 1 is 0.447 bits per heavy atom. The second-order valence-electron chi connectivity index (χ2n) is 23.0. The fraction of sp³-hybridized carbons (Fsp3) is 0.297. The van der Waals surface area contributed by atoms with Gasteiger partial charge >= 0.3 is 0 Å². The average Bonchev–Trinajstić information content (AvgIpc) is 1.67.